The number of aromatic nitrogens is 3. The maximum absolute atomic E-state index is 13.6. The topological polar surface area (TPSA) is 63.0 Å². The first-order chi connectivity index (χ1) is 9.10. The van der Waals surface area contributed by atoms with Crippen LogP contribution in [0.15, 0.2) is 18.3 Å². The zero-order chi connectivity index (χ0) is 13.8. The molecular formula is C12H14F2N4O. The Kier molecular flexibility index (Phi) is 4.06. The van der Waals surface area contributed by atoms with E-state index in [0.717, 1.165) is 12.1 Å². The molecule has 0 aliphatic carbocycles. The Morgan fingerprint density at radius 2 is 2.11 bits per heavy atom. The van der Waals surface area contributed by atoms with E-state index in [1.165, 1.54) is 11.6 Å². The third-order valence-electron chi connectivity index (χ3n) is 2.62. The summed E-state index contributed by atoms with van der Waals surface area (Å²) in [5, 5.41) is 19.1. The molecule has 2 rings (SSSR count). The number of hydrogen-bond donors (Lipinski definition) is 2. The van der Waals surface area contributed by atoms with Gasteiger partial charge in [0.25, 0.3) is 0 Å². The lowest BCUT2D eigenvalue weighted by atomic mass is 10.2. The predicted molar refractivity (Wildman–Crippen MR) is 65.5 cm³/mol. The number of halogens is 2. The molecule has 0 saturated heterocycles. The second kappa shape index (κ2) is 5.75. The van der Waals surface area contributed by atoms with Crippen molar-refractivity contribution in [2.45, 2.75) is 20.0 Å². The van der Waals surface area contributed by atoms with Crippen molar-refractivity contribution in [3.8, 4) is 0 Å². The minimum atomic E-state index is -0.512. The van der Waals surface area contributed by atoms with Gasteiger partial charge in [-0.15, -0.1) is 5.10 Å². The molecule has 2 aromatic rings. The van der Waals surface area contributed by atoms with E-state index in [1.807, 2.05) is 0 Å². The summed E-state index contributed by atoms with van der Waals surface area (Å²) in [7, 11) is 0. The number of benzene rings is 1. The molecule has 0 unspecified atom stereocenters. The number of aryl methyl sites for hydroxylation is 1. The quantitative estimate of drug-likeness (QED) is 0.862. The SMILES string of the molecule is Cc1cc(F)c(NCc2cn(CCO)nn2)cc1F. The lowest BCUT2D eigenvalue weighted by molar-refractivity contribution is 0.268. The summed E-state index contributed by atoms with van der Waals surface area (Å²) < 4.78 is 28.4. The van der Waals surface area contributed by atoms with Gasteiger partial charge in [0.15, 0.2) is 0 Å². The Bertz CT molecular complexity index is 571. The van der Waals surface area contributed by atoms with E-state index < -0.39 is 11.6 Å². The molecule has 1 heterocycles. The molecule has 19 heavy (non-hydrogen) atoms. The van der Waals surface area contributed by atoms with Crippen molar-refractivity contribution >= 4 is 5.69 Å². The van der Waals surface area contributed by atoms with E-state index in [1.54, 1.807) is 6.20 Å². The minimum absolute atomic E-state index is 0.0337. The summed E-state index contributed by atoms with van der Waals surface area (Å²) in [6, 6.07) is 2.25. The molecule has 7 heteroatoms. The Labute approximate surface area is 108 Å². The maximum Gasteiger partial charge on any atom is 0.146 e. The Hall–Kier alpha value is -2.02. The van der Waals surface area contributed by atoms with Crippen LogP contribution in [0.25, 0.3) is 0 Å². The fraction of sp³-hybridized carbons (Fsp3) is 0.333. The molecule has 1 aromatic carbocycles. The van der Waals surface area contributed by atoms with E-state index in [2.05, 4.69) is 15.6 Å². The van der Waals surface area contributed by atoms with Gasteiger partial charge in [0.05, 0.1) is 31.6 Å². The van der Waals surface area contributed by atoms with Crippen LogP contribution in [0.2, 0.25) is 0 Å². The lowest BCUT2D eigenvalue weighted by Gasteiger charge is -2.07. The summed E-state index contributed by atoms with van der Waals surface area (Å²) >= 11 is 0. The summed E-state index contributed by atoms with van der Waals surface area (Å²) in [6.45, 7) is 2.04. The molecule has 0 bridgehead atoms. The van der Waals surface area contributed by atoms with Gasteiger partial charge in [-0.1, -0.05) is 5.21 Å². The first kappa shape index (κ1) is 13.4. The number of hydrogen-bond acceptors (Lipinski definition) is 4. The van der Waals surface area contributed by atoms with Crippen LogP contribution in [0.1, 0.15) is 11.3 Å². The highest BCUT2D eigenvalue weighted by atomic mass is 19.1. The van der Waals surface area contributed by atoms with Gasteiger partial charge in [-0.2, -0.15) is 0 Å². The van der Waals surface area contributed by atoms with Crippen LogP contribution in [0.5, 0.6) is 0 Å². The van der Waals surface area contributed by atoms with Crippen LogP contribution in [-0.2, 0) is 13.1 Å². The molecule has 5 nitrogen and oxygen atoms in total. The molecule has 0 spiro atoms. The van der Waals surface area contributed by atoms with Crippen LogP contribution >= 0.6 is 0 Å². The number of nitrogens with one attached hydrogen (secondary N) is 1. The van der Waals surface area contributed by atoms with Gasteiger partial charge in [-0.3, -0.25) is 0 Å². The van der Waals surface area contributed by atoms with Crippen molar-refractivity contribution in [3.63, 3.8) is 0 Å². The van der Waals surface area contributed by atoms with Crippen molar-refractivity contribution in [2.24, 2.45) is 0 Å². The van der Waals surface area contributed by atoms with Crippen molar-refractivity contribution in [1.82, 2.24) is 15.0 Å². The average molecular weight is 268 g/mol. The van der Waals surface area contributed by atoms with E-state index >= 15 is 0 Å². The second-order valence-corrected chi connectivity index (χ2v) is 4.13. The normalized spacial score (nSPS) is 10.7. The summed E-state index contributed by atoms with van der Waals surface area (Å²) in [4.78, 5) is 0. The summed E-state index contributed by atoms with van der Waals surface area (Å²) in [5.41, 5.74) is 0.922. The van der Waals surface area contributed by atoms with Crippen LogP contribution in [-0.4, -0.2) is 26.7 Å². The van der Waals surface area contributed by atoms with E-state index in [9.17, 15) is 8.78 Å². The Morgan fingerprint density at radius 3 is 2.84 bits per heavy atom. The second-order valence-electron chi connectivity index (χ2n) is 4.13. The van der Waals surface area contributed by atoms with Crippen molar-refractivity contribution in [1.29, 1.82) is 0 Å². The molecular weight excluding hydrogens is 254 g/mol. The molecule has 0 radical (unpaired) electrons. The fourth-order valence-corrected chi connectivity index (χ4v) is 1.60. The van der Waals surface area contributed by atoms with E-state index in [4.69, 9.17) is 5.11 Å². The van der Waals surface area contributed by atoms with Gasteiger partial charge >= 0.3 is 0 Å². The highest BCUT2D eigenvalue weighted by Crippen LogP contribution is 2.19. The monoisotopic (exact) mass is 268 g/mol. The number of anilines is 1. The van der Waals surface area contributed by atoms with Crippen molar-refractivity contribution in [2.75, 3.05) is 11.9 Å². The van der Waals surface area contributed by atoms with Crippen LogP contribution < -0.4 is 5.32 Å². The maximum atomic E-state index is 13.6. The van der Waals surface area contributed by atoms with Gasteiger partial charge in [0, 0.05) is 6.07 Å². The van der Waals surface area contributed by atoms with E-state index in [0.29, 0.717) is 12.2 Å². The molecule has 0 amide bonds. The Balaban J connectivity index is 2.03. The molecule has 0 atom stereocenters. The number of rotatable bonds is 5. The molecule has 102 valence electrons. The minimum Gasteiger partial charge on any atom is -0.394 e. The highest BCUT2D eigenvalue weighted by molar-refractivity contribution is 5.46. The van der Waals surface area contributed by atoms with Crippen LogP contribution in [0.4, 0.5) is 14.5 Å². The van der Waals surface area contributed by atoms with Crippen molar-refractivity contribution < 1.29 is 13.9 Å². The van der Waals surface area contributed by atoms with Gasteiger partial charge in [0.1, 0.15) is 17.3 Å². The van der Waals surface area contributed by atoms with Gasteiger partial charge in [-0.05, 0) is 18.6 Å². The number of nitrogens with zero attached hydrogens (tertiary/aromatic N) is 3. The molecule has 0 fully saturated rings. The largest absolute Gasteiger partial charge is 0.394 e. The molecule has 2 N–H and O–H groups in total. The lowest BCUT2D eigenvalue weighted by Crippen LogP contribution is -2.03. The van der Waals surface area contributed by atoms with Gasteiger partial charge in [0.2, 0.25) is 0 Å². The standard InChI is InChI=1S/C12H14F2N4O/c1-8-4-11(14)12(5-10(8)13)15-6-9-7-18(2-3-19)17-16-9/h4-5,7,15,19H,2-3,6H2,1H3. The summed E-state index contributed by atoms with van der Waals surface area (Å²) in [6.07, 6.45) is 1.63. The molecule has 0 aliphatic rings. The smallest absolute Gasteiger partial charge is 0.146 e. The van der Waals surface area contributed by atoms with Gasteiger partial charge in [-0.25, -0.2) is 13.5 Å². The number of aliphatic hydroxyl groups excluding tert-OH is 1. The first-order valence-corrected chi connectivity index (χ1v) is 5.79. The zero-order valence-electron chi connectivity index (χ0n) is 10.4. The van der Waals surface area contributed by atoms with Gasteiger partial charge < -0.3 is 10.4 Å². The third-order valence-corrected chi connectivity index (χ3v) is 2.62. The van der Waals surface area contributed by atoms with Crippen LogP contribution in [0, 0.1) is 18.6 Å². The molecule has 0 saturated carbocycles. The van der Waals surface area contributed by atoms with E-state index in [-0.39, 0.29) is 24.4 Å². The third kappa shape index (κ3) is 3.25. The van der Waals surface area contributed by atoms with Crippen molar-refractivity contribution in [3.05, 3.63) is 41.2 Å². The molecule has 0 aliphatic heterocycles. The molecule has 1 aromatic heterocycles. The summed E-state index contributed by atoms with van der Waals surface area (Å²) in [5.74, 6) is -0.977. The number of aliphatic hydroxyl groups is 1. The first-order valence-electron chi connectivity index (χ1n) is 5.79. The highest BCUT2D eigenvalue weighted by Gasteiger charge is 2.08. The fourth-order valence-electron chi connectivity index (χ4n) is 1.60. The zero-order valence-corrected chi connectivity index (χ0v) is 10.4. The Morgan fingerprint density at radius 1 is 1.32 bits per heavy atom. The average Bonchev–Trinajstić information content (AvgIpc) is 2.80. The predicted octanol–water partition coefficient (Wildman–Crippen LogP) is 1.47. The van der Waals surface area contributed by atoms with Crippen LogP contribution in [0.3, 0.4) is 0 Å².